The van der Waals surface area contributed by atoms with Gasteiger partial charge in [0.1, 0.15) is 5.69 Å². The summed E-state index contributed by atoms with van der Waals surface area (Å²) in [5.41, 5.74) is 6.09. The van der Waals surface area contributed by atoms with Crippen LogP contribution in [0.25, 0.3) is 0 Å². The monoisotopic (exact) mass is 235 g/mol. The molecule has 1 aliphatic heterocycles. The average Bonchev–Trinajstić information content (AvgIpc) is 2.17. The largest absolute Gasteiger partial charge is 0.393 e. The number of rotatable bonds is 3. The molecule has 1 saturated heterocycles. The second-order valence-corrected chi connectivity index (χ2v) is 4.06. The molecule has 90 valence electrons. The fourth-order valence-electron chi connectivity index (χ4n) is 1.71. The van der Waals surface area contributed by atoms with Crippen LogP contribution in [0.1, 0.15) is 12.0 Å². The van der Waals surface area contributed by atoms with Gasteiger partial charge in [0.2, 0.25) is 5.91 Å². The van der Waals surface area contributed by atoms with Crippen molar-refractivity contribution in [1.82, 2.24) is 4.90 Å². The highest BCUT2D eigenvalue weighted by Gasteiger charge is 2.21. The second-order valence-electron chi connectivity index (χ2n) is 4.06. The Kier molecular flexibility index (Phi) is 2.95. The highest BCUT2D eigenvalue weighted by Crippen LogP contribution is 2.23. The number of nitro groups is 1. The summed E-state index contributed by atoms with van der Waals surface area (Å²) in [4.78, 5) is 23.6. The van der Waals surface area contributed by atoms with Crippen molar-refractivity contribution in [2.75, 3.05) is 18.8 Å². The summed E-state index contributed by atoms with van der Waals surface area (Å²) in [7, 11) is 0. The number of nitrogens with two attached hydrogens (primary N) is 1. The van der Waals surface area contributed by atoms with Crippen LogP contribution < -0.4 is 5.73 Å². The number of anilines is 1. The molecule has 0 saturated carbocycles. The summed E-state index contributed by atoms with van der Waals surface area (Å²) in [6, 6.07) is 4.49. The minimum atomic E-state index is -0.535. The van der Waals surface area contributed by atoms with E-state index >= 15 is 0 Å². The second kappa shape index (κ2) is 4.40. The Morgan fingerprint density at radius 3 is 2.71 bits per heavy atom. The molecular formula is C11H13N3O3. The Bertz CT molecular complexity index is 469. The number of hydrogen-bond acceptors (Lipinski definition) is 4. The van der Waals surface area contributed by atoms with Crippen LogP contribution in [0.5, 0.6) is 0 Å². The first-order valence-electron chi connectivity index (χ1n) is 5.38. The summed E-state index contributed by atoms with van der Waals surface area (Å²) in [5, 5.41) is 10.7. The van der Waals surface area contributed by atoms with E-state index in [1.165, 1.54) is 12.1 Å². The number of hydrogen-bond donors (Lipinski definition) is 1. The summed E-state index contributed by atoms with van der Waals surface area (Å²) < 4.78 is 0. The zero-order valence-corrected chi connectivity index (χ0v) is 9.26. The number of amides is 1. The maximum absolute atomic E-state index is 11.7. The molecule has 2 rings (SSSR count). The van der Waals surface area contributed by atoms with Gasteiger partial charge in [-0.3, -0.25) is 14.9 Å². The zero-order valence-electron chi connectivity index (χ0n) is 9.26. The predicted molar refractivity (Wildman–Crippen MR) is 62.4 cm³/mol. The standard InChI is InChI=1S/C11H13N3O3/c12-9-3-2-8(6-10(9)14(16)17)7-11(15)13-4-1-5-13/h2-3,6H,1,4-5,7,12H2. The van der Waals surface area contributed by atoms with Crippen LogP contribution >= 0.6 is 0 Å². The van der Waals surface area contributed by atoms with E-state index in [4.69, 9.17) is 5.73 Å². The molecule has 1 aromatic rings. The molecule has 0 spiro atoms. The molecule has 0 aromatic heterocycles. The van der Waals surface area contributed by atoms with Gasteiger partial charge in [-0.2, -0.15) is 0 Å². The van der Waals surface area contributed by atoms with E-state index in [-0.39, 0.29) is 23.7 Å². The Morgan fingerprint density at radius 2 is 2.18 bits per heavy atom. The number of carbonyl (C=O) groups excluding carboxylic acids is 1. The van der Waals surface area contributed by atoms with Crippen LogP contribution in [0.3, 0.4) is 0 Å². The Morgan fingerprint density at radius 1 is 1.47 bits per heavy atom. The normalized spacial score (nSPS) is 14.2. The molecule has 0 radical (unpaired) electrons. The number of benzene rings is 1. The predicted octanol–water partition coefficient (Wildman–Crippen LogP) is 0.952. The Labute approximate surface area is 98.2 Å². The van der Waals surface area contributed by atoms with Crippen molar-refractivity contribution in [3.63, 3.8) is 0 Å². The van der Waals surface area contributed by atoms with Crippen LogP contribution in [0.4, 0.5) is 11.4 Å². The fourth-order valence-corrected chi connectivity index (χ4v) is 1.71. The van der Waals surface area contributed by atoms with E-state index < -0.39 is 4.92 Å². The minimum absolute atomic E-state index is 0.00955. The van der Waals surface area contributed by atoms with Crippen LogP contribution in [-0.2, 0) is 11.2 Å². The lowest BCUT2D eigenvalue weighted by atomic mass is 10.1. The summed E-state index contributed by atoms with van der Waals surface area (Å²) in [5.74, 6) is 0.00955. The highest BCUT2D eigenvalue weighted by atomic mass is 16.6. The van der Waals surface area contributed by atoms with Crippen molar-refractivity contribution in [3.05, 3.63) is 33.9 Å². The van der Waals surface area contributed by atoms with Gasteiger partial charge in [-0.25, -0.2) is 0 Å². The van der Waals surface area contributed by atoms with Crippen LogP contribution in [0.15, 0.2) is 18.2 Å². The third-order valence-corrected chi connectivity index (χ3v) is 2.86. The minimum Gasteiger partial charge on any atom is -0.393 e. The molecule has 0 bridgehead atoms. The lowest BCUT2D eigenvalue weighted by molar-refractivity contribution is -0.383. The molecule has 0 unspecified atom stereocenters. The van der Waals surface area contributed by atoms with Crippen molar-refractivity contribution >= 4 is 17.3 Å². The quantitative estimate of drug-likeness (QED) is 0.480. The first kappa shape index (κ1) is 11.4. The SMILES string of the molecule is Nc1ccc(CC(=O)N2CCC2)cc1[N+](=O)[O-]. The third kappa shape index (κ3) is 2.35. The maximum Gasteiger partial charge on any atom is 0.292 e. The number of likely N-dealkylation sites (tertiary alicyclic amines) is 1. The van der Waals surface area contributed by atoms with E-state index in [1.807, 2.05) is 0 Å². The smallest absolute Gasteiger partial charge is 0.292 e. The van der Waals surface area contributed by atoms with E-state index in [0.717, 1.165) is 19.5 Å². The van der Waals surface area contributed by atoms with Crippen LogP contribution in [0, 0.1) is 10.1 Å². The summed E-state index contributed by atoms with van der Waals surface area (Å²) >= 11 is 0. The third-order valence-electron chi connectivity index (χ3n) is 2.86. The number of nitrogen functional groups attached to an aromatic ring is 1. The summed E-state index contributed by atoms with van der Waals surface area (Å²) in [6.45, 7) is 1.58. The molecule has 1 fully saturated rings. The molecule has 6 nitrogen and oxygen atoms in total. The van der Waals surface area contributed by atoms with Crippen molar-refractivity contribution in [2.45, 2.75) is 12.8 Å². The molecule has 1 aromatic carbocycles. The van der Waals surface area contributed by atoms with Gasteiger partial charge >= 0.3 is 0 Å². The molecule has 0 atom stereocenters. The van der Waals surface area contributed by atoms with Crippen molar-refractivity contribution < 1.29 is 9.72 Å². The van der Waals surface area contributed by atoms with Gasteiger partial charge in [0.15, 0.2) is 0 Å². The van der Waals surface area contributed by atoms with Crippen molar-refractivity contribution in [1.29, 1.82) is 0 Å². The van der Waals surface area contributed by atoms with Gasteiger partial charge in [-0.1, -0.05) is 6.07 Å². The fraction of sp³-hybridized carbons (Fsp3) is 0.364. The summed E-state index contributed by atoms with van der Waals surface area (Å²) in [6.07, 6.45) is 1.23. The van der Waals surface area contributed by atoms with Gasteiger partial charge < -0.3 is 10.6 Å². The van der Waals surface area contributed by atoms with E-state index in [1.54, 1.807) is 11.0 Å². The lowest BCUT2D eigenvalue weighted by Crippen LogP contribution is -2.42. The number of nitro benzene ring substituents is 1. The van der Waals surface area contributed by atoms with Gasteiger partial charge in [0.05, 0.1) is 11.3 Å². The molecule has 2 N–H and O–H groups in total. The topological polar surface area (TPSA) is 89.5 Å². The first-order valence-corrected chi connectivity index (χ1v) is 5.38. The average molecular weight is 235 g/mol. The van der Waals surface area contributed by atoms with E-state index in [0.29, 0.717) is 5.56 Å². The maximum atomic E-state index is 11.7. The Balaban J connectivity index is 2.13. The van der Waals surface area contributed by atoms with Crippen LogP contribution in [-0.4, -0.2) is 28.8 Å². The molecule has 17 heavy (non-hydrogen) atoms. The molecule has 1 amide bonds. The Hall–Kier alpha value is -2.11. The van der Waals surface area contributed by atoms with Crippen molar-refractivity contribution in [3.8, 4) is 0 Å². The molecule has 6 heteroatoms. The van der Waals surface area contributed by atoms with Gasteiger partial charge in [0, 0.05) is 19.2 Å². The van der Waals surface area contributed by atoms with Gasteiger partial charge in [0.25, 0.3) is 5.69 Å². The van der Waals surface area contributed by atoms with Gasteiger partial charge in [-0.05, 0) is 18.1 Å². The first-order chi connectivity index (χ1) is 8.08. The molecule has 1 aliphatic rings. The van der Waals surface area contributed by atoms with E-state index in [9.17, 15) is 14.9 Å². The number of nitrogens with zero attached hydrogens (tertiary/aromatic N) is 2. The molecule has 1 heterocycles. The zero-order chi connectivity index (χ0) is 12.4. The van der Waals surface area contributed by atoms with Crippen molar-refractivity contribution in [2.24, 2.45) is 0 Å². The van der Waals surface area contributed by atoms with Crippen LogP contribution in [0.2, 0.25) is 0 Å². The number of carbonyl (C=O) groups is 1. The van der Waals surface area contributed by atoms with Gasteiger partial charge in [-0.15, -0.1) is 0 Å². The van der Waals surface area contributed by atoms with E-state index in [2.05, 4.69) is 0 Å². The lowest BCUT2D eigenvalue weighted by Gasteiger charge is -2.30. The molecule has 0 aliphatic carbocycles. The molecular weight excluding hydrogens is 222 g/mol. The highest BCUT2D eigenvalue weighted by molar-refractivity contribution is 5.80.